The van der Waals surface area contributed by atoms with Gasteiger partial charge < -0.3 is 9.47 Å². The fourth-order valence-electron chi connectivity index (χ4n) is 7.44. The van der Waals surface area contributed by atoms with Crippen LogP contribution in [0.4, 0.5) is 11.4 Å². The third kappa shape index (κ3) is 4.32. The number of hydrogen-bond donors (Lipinski definition) is 0. The minimum Gasteiger partial charge on any atom is -0.310 e. The molecule has 1 aliphatic heterocycles. The van der Waals surface area contributed by atoms with E-state index >= 15 is 0 Å². The SMILES string of the molecule is C=C/C=C1\C(=C/C)N(c2cccc(-c3ccc4sc5ccccc5c4c3)c2)c2ccccc2-c2c1n(-c1ccccc1)c1ccccc21. The lowest BCUT2D eigenvalue weighted by Crippen LogP contribution is -2.17. The molecule has 0 saturated heterocycles. The molecule has 0 N–H and O–H groups in total. The van der Waals surface area contributed by atoms with E-state index in [-0.39, 0.29) is 0 Å². The average molecular weight is 633 g/mol. The number of nitrogens with zero attached hydrogens (tertiary/aromatic N) is 2. The van der Waals surface area contributed by atoms with Gasteiger partial charge in [-0.15, -0.1) is 11.3 Å². The smallest absolute Gasteiger partial charge is 0.0641 e. The lowest BCUT2D eigenvalue weighted by Gasteiger charge is -2.29. The van der Waals surface area contributed by atoms with Gasteiger partial charge in [-0.2, -0.15) is 0 Å². The van der Waals surface area contributed by atoms with Crippen LogP contribution in [0.15, 0.2) is 176 Å². The molecule has 9 rings (SSSR count). The molecule has 0 atom stereocenters. The maximum Gasteiger partial charge on any atom is 0.0641 e. The summed E-state index contributed by atoms with van der Waals surface area (Å²) in [4.78, 5) is 2.43. The zero-order chi connectivity index (χ0) is 32.2. The Hall–Kier alpha value is -5.90. The first-order valence-electron chi connectivity index (χ1n) is 16.3. The van der Waals surface area contributed by atoms with Crippen LogP contribution in [0, 0.1) is 0 Å². The zero-order valence-corrected chi connectivity index (χ0v) is 27.4. The van der Waals surface area contributed by atoms with Crippen molar-refractivity contribution in [2.24, 2.45) is 0 Å². The molecule has 3 heterocycles. The summed E-state index contributed by atoms with van der Waals surface area (Å²) in [6.07, 6.45) is 6.33. The quantitative estimate of drug-likeness (QED) is 0.187. The lowest BCUT2D eigenvalue weighted by atomic mass is 9.97. The van der Waals surface area contributed by atoms with Gasteiger partial charge in [-0.05, 0) is 72.6 Å². The summed E-state index contributed by atoms with van der Waals surface area (Å²) in [6.45, 7) is 6.34. The zero-order valence-electron chi connectivity index (χ0n) is 26.6. The molecular formula is C45H32N2S. The van der Waals surface area contributed by atoms with E-state index in [4.69, 9.17) is 0 Å². The highest BCUT2D eigenvalue weighted by molar-refractivity contribution is 7.25. The maximum absolute atomic E-state index is 4.20. The summed E-state index contributed by atoms with van der Waals surface area (Å²) in [7, 11) is 0. The number of rotatable bonds is 4. The number of anilines is 2. The van der Waals surface area contributed by atoms with Gasteiger partial charge in [0.2, 0.25) is 0 Å². The predicted molar refractivity (Wildman–Crippen MR) is 208 cm³/mol. The molecule has 8 aromatic rings. The Morgan fingerprint density at radius 2 is 1.31 bits per heavy atom. The standard InChI is InChI=1S/C45H32N2S/c1-3-15-37-39(4-2)46(33-19-14-16-30(28-33)31-26-27-43-38(29-31)34-20-10-13-25-42(34)48-43)40-23-11-8-21-35(40)44-36-22-9-12-24-41(36)47(45(37)44)32-17-6-5-7-18-32/h3-29H,1H2,2H3/b37-15+,39-4+. The van der Waals surface area contributed by atoms with Gasteiger partial charge in [0.1, 0.15) is 0 Å². The Morgan fingerprint density at radius 1 is 0.604 bits per heavy atom. The van der Waals surface area contributed by atoms with E-state index in [1.807, 2.05) is 17.4 Å². The molecule has 48 heavy (non-hydrogen) atoms. The van der Waals surface area contributed by atoms with Crippen LogP contribution in [0.5, 0.6) is 0 Å². The van der Waals surface area contributed by atoms with Crippen LogP contribution in [0.25, 0.3) is 64.6 Å². The molecule has 2 nitrogen and oxygen atoms in total. The number of para-hydroxylation sites is 3. The van der Waals surface area contributed by atoms with Crippen LogP contribution in [-0.4, -0.2) is 4.57 Å². The van der Waals surface area contributed by atoms with Crippen LogP contribution in [-0.2, 0) is 0 Å². The number of benzene rings is 6. The Balaban J connectivity index is 1.30. The summed E-state index contributed by atoms with van der Waals surface area (Å²) in [6, 6.07) is 52.9. The minimum atomic E-state index is 1.11. The molecule has 0 radical (unpaired) electrons. The van der Waals surface area contributed by atoms with Gasteiger partial charge in [0.25, 0.3) is 0 Å². The second-order valence-electron chi connectivity index (χ2n) is 12.1. The van der Waals surface area contributed by atoms with Crippen LogP contribution < -0.4 is 4.90 Å². The fraction of sp³-hybridized carbons (Fsp3) is 0.0222. The molecule has 0 fully saturated rings. The molecule has 0 bridgehead atoms. The Kier molecular flexibility index (Phi) is 6.74. The van der Waals surface area contributed by atoms with Gasteiger partial charge in [-0.25, -0.2) is 0 Å². The molecule has 2 aromatic heterocycles. The van der Waals surface area contributed by atoms with Gasteiger partial charge in [-0.1, -0.05) is 116 Å². The first-order valence-corrected chi connectivity index (χ1v) is 17.2. The first-order chi connectivity index (χ1) is 23.7. The van der Waals surface area contributed by atoms with E-state index < -0.39 is 0 Å². The highest BCUT2D eigenvalue weighted by atomic mass is 32.1. The van der Waals surface area contributed by atoms with E-state index in [1.165, 1.54) is 53.3 Å². The molecule has 6 aromatic carbocycles. The highest BCUT2D eigenvalue weighted by Crippen LogP contribution is 2.52. The second-order valence-corrected chi connectivity index (χ2v) is 13.2. The van der Waals surface area contributed by atoms with Crippen molar-refractivity contribution in [3.05, 3.63) is 182 Å². The number of hydrogen-bond acceptors (Lipinski definition) is 2. The molecule has 0 spiro atoms. The molecule has 0 unspecified atom stereocenters. The topological polar surface area (TPSA) is 8.17 Å². The molecule has 1 aliphatic rings. The van der Waals surface area contributed by atoms with Crippen molar-refractivity contribution in [2.45, 2.75) is 6.92 Å². The summed E-state index contributed by atoms with van der Waals surface area (Å²) >= 11 is 1.86. The van der Waals surface area contributed by atoms with Crippen LogP contribution in [0.2, 0.25) is 0 Å². The van der Waals surface area contributed by atoms with Gasteiger partial charge in [0.15, 0.2) is 0 Å². The summed E-state index contributed by atoms with van der Waals surface area (Å²) in [5, 5.41) is 3.85. The first kappa shape index (κ1) is 28.3. The van der Waals surface area contributed by atoms with Crippen molar-refractivity contribution in [3.63, 3.8) is 0 Å². The summed E-state index contributed by atoms with van der Waals surface area (Å²) < 4.78 is 5.06. The molecule has 3 heteroatoms. The van der Waals surface area contributed by atoms with Gasteiger partial charge in [0.05, 0.1) is 22.6 Å². The molecule has 0 saturated carbocycles. The van der Waals surface area contributed by atoms with Crippen molar-refractivity contribution in [1.82, 2.24) is 4.57 Å². The van der Waals surface area contributed by atoms with Crippen molar-refractivity contribution < 1.29 is 0 Å². The van der Waals surface area contributed by atoms with Crippen molar-refractivity contribution in [3.8, 4) is 27.9 Å². The van der Waals surface area contributed by atoms with E-state index in [1.54, 1.807) is 0 Å². The molecule has 228 valence electrons. The highest BCUT2D eigenvalue weighted by Gasteiger charge is 2.32. The molecular weight excluding hydrogens is 601 g/mol. The van der Waals surface area contributed by atoms with E-state index in [0.717, 1.165) is 34.0 Å². The van der Waals surface area contributed by atoms with Crippen molar-refractivity contribution in [2.75, 3.05) is 4.90 Å². The third-order valence-corrected chi connectivity index (χ3v) is 10.6. The monoisotopic (exact) mass is 632 g/mol. The number of fused-ring (bicyclic) bond motifs is 8. The molecule has 0 amide bonds. The number of thiophene rings is 1. The lowest BCUT2D eigenvalue weighted by molar-refractivity contribution is 1.09. The van der Waals surface area contributed by atoms with Crippen LogP contribution in [0.3, 0.4) is 0 Å². The van der Waals surface area contributed by atoms with Crippen molar-refractivity contribution >= 4 is 59.4 Å². The summed E-state index contributed by atoms with van der Waals surface area (Å²) in [5.41, 5.74) is 12.8. The van der Waals surface area contributed by atoms with E-state index in [9.17, 15) is 0 Å². The summed E-state index contributed by atoms with van der Waals surface area (Å²) in [5.74, 6) is 0. The van der Waals surface area contributed by atoms with Crippen molar-refractivity contribution in [1.29, 1.82) is 0 Å². The predicted octanol–water partition coefficient (Wildman–Crippen LogP) is 13.0. The normalized spacial score (nSPS) is 14.5. The molecule has 0 aliphatic carbocycles. The fourth-order valence-corrected chi connectivity index (χ4v) is 8.53. The Labute approximate surface area is 284 Å². The average Bonchev–Trinajstić information content (AvgIpc) is 3.65. The van der Waals surface area contributed by atoms with Gasteiger partial charge >= 0.3 is 0 Å². The van der Waals surface area contributed by atoms with Gasteiger partial charge in [-0.3, -0.25) is 0 Å². The van der Waals surface area contributed by atoms with E-state index in [0.29, 0.717) is 0 Å². The van der Waals surface area contributed by atoms with E-state index in [2.05, 4.69) is 181 Å². The van der Waals surface area contributed by atoms with Gasteiger partial charge in [0, 0.05) is 53.6 Å². The maximum atomic E-state index is 4.20. The Morgan fingerprint density at radius 3 is 2.17 bits per heavy atom. The number of allylic oxidation sites excluding steroid dienone is 4. The number of aromatic nitrogens is 1. The minimum absolute atomic E-state index is 1.11. The van der Waals surface area contributed by atoms with Crippen LogP contribution >= 0.6 is 11.3 Å². The van der Waals surface area contributed by atoms with Crippen LogP contribution in [0.1, 0.15) is 12.6 Å². The largest absolute Gasteiger partial charge is 0.310 e. The Bertz CT molecular complexity index is 2600. The third-order valence-electron chi connectivity index (χ3n) is 9.45. The second kappa shape index (κ2) is 11.4.